The van der Waals surface area contributed by atoms with Crippen molar-refractivity contribution in [3.05, 3.63) is 434 Å². The van der Waals surface area contributed by atoms with E-state index in [2.05, 4.69) is 347 Å². The van der Waals surface area contributed by atoms with Crippen LogP contribution >= 0.6 is 57.5 Å². The third-order valence-corrected chi connectivity index (χ3v) is 26.5. The van der Waals surface area contributed by atoms with Crippen molar-refractivity contribution < 1.29 is 37.9 Å². The lowest BCUT2D eigenvalue weighted by atomic mass is 9.86. The van der Waals surface area contributed by atoms with Crippen LogP contribution in [0.3, 0.4) is 0 Å². The van der Waals surface area contributed by atoms with E-state index >= 15 is 0 Å². The van der Waals surface area contributed by atoms with Gasteiger partial charge in [-0.15, -0.1) is 22.7 Å². The molecule has 0 aliphatic rings. The van der Waals surface area contributed by atoms with Gasteiger partial charge in [0.25, 0.3) is 0 Å². The van der Waals surface area contributed by atoms with Gasteiger partial charge in [0.15, 0.2) is 0 Å². The van der Waals surface area contributed by atoms with Gasteiger partial charge in [-0.3, -0.25) is 19.9 Å². The normalized spacial score (nSPS) is 11.4. The molecule has 10 aromatic carbocycles. The van der Waals surface area contributed by atoms with E-state index in [1.54, 1.807) is 59.9 Å². The molecule has 6 heterocycles. The Morgan fingerprint density at radius 1 is 0.233 bits per heavy atom. The molecule has 0 amide bonds. The highest BCUT2D eigenvalue weighted by Gasteiger charge is 2.24. The Labute approximate surface area is 919 Å². The number of rotatable bonds is 20. The van der Waals surface area contributed by atoms with Gasteiger partial charge in [0.1, 0.15) is 105 Å². The molecule has 0 saturated heterocycles. The highest BCUT2D eigenvalue weighted by atomic mass is 35.5. The lowest BCUT2D eigenvalue weighted by Crippen LogP contribution is -2.11. The van der Waals surface area contributed by atoms with Crippen molar-refractivity contribution in [3.8, 4) is 69.0 Å². The van der Waals surface area contributed by atoms with Gasteiger partial charge in [0.05, 0.1) is 39.4 Å². The number of hydrogen-bond acceptors (Lipinski definition) is 16. The van der Waals surface area contributed by atoms with Crippen molar-refractivity contribution in [1.82, 2.24) is 29.9 Å². The number of thiazole rings is 2. The van der Waals surface area contributed by atoms with Gasteiger partial charge >= 0.3 is 0 Å². The van der Waals surface area contributed by atoms with E-state index in [0.29, 0.717) is 53.0 Å². The Kier molecular flexibility index (Phi) is 44.2. The Hall–Kier alpha value is -12.7. The fraction of sp³-hybridized carbons (Fsp3) is 0.344. The Balaban J connectivity index is 0.000000190. The average Bonchev–Trinajstić information content (AvgIpc) is 0.852. The standard InChI is InChI=1S/C18H21ClO.3C17H21NO.C17H20O.C16H18ClNO.C15H19NOS.C14H16ClNOS/c1-13-6-5-7-14(10-13)12-20-17-9-8-15(11-16(17)19)18(2,3)4;1-12-10-14(17(3,4)5)7-9-16(12)19-15-8-6-13(2)18-11-15;2*1-12-8-15(11-18-10-12)19-16-7-6-14(9-13(16)2)17(3,4)5;1-13-12-14(17(2,3)4)10-11-16(13)18-15-8-6-5-7-9-15;1-16(2,3)12-7-8-15(14(17)10-12)19-11-13-6-4-5-9-18-13;1-11-9-12(15(2,3)4)5-6-13(11)17-10-14-16-7-8-18-14;1-14(2,3)10-4-5-12(11(15)8-10)17-9-13-16-6-7-18-13/h5-11H,12H2,1-4H3;3*6-11H,1-5H3;5-12H,1-4H3;4-10H,11H2,1-3H3;5-9H,10H2,1-4H3;4-8H,9H2,1-3H3. The van der Waals surface area contributed by atoms with Gasteiger partial charge in [-0.1, -0.05) is 334 Å². The molecule has 0 spiro atoms. The van der Waals surface area contributed by atoms with E-state index < -0.39 is 0 Å². The summed E-state index contributed by atoms with van der Waals surface area (Å²) in [7, 11) is 0. The van der Waals surface area contributed by atoms with Gasteiger partial charge in [0.2, 0.25) is 0 Å². The summed E-state index contributed by atoms with van der Waals surface area (Å²) in [6, 6.07) is 81.7. The monoisotopic (exact) mass is 2110 g/mol. The third kappa shape index (κ3) is 40.6. The van der Waals surface area contributed by atoms with E-state index in [0.717, 1.165) is 112 Å². The molecule has 0 aliphatic carbocycles. The van der Waals surface area contributed by atoms with Crippen molar-refractivity contribution in [2.45, 2.75) is 298 Å². The summed E-state index contributed by atoms with van der Waals surface area (Å²) < 4.78 is 46.5. The average molecular weight is 2110 g/mol. The van der Waals surface area contributed by atoms with Crippen LogP contribution < -0.4 is 37.9 Å². The maximum Gasteiger partial charge on any atom is 0.145 e. The molecule has 0 saturated carbocycles. The lowest BCUT2D eigenvalue weighted by molar-refractivity contribution is 0.301. The van der Waals surface area contributed by atoms with Crippen molar-refractivity contribution >= 4 is 57.5 Å². The first kappa shape index (κ1) is 121. The van der Waals surface area contributed by atoms with Crippen LogP contribution in [0.4, 0.5) is 0 Å². The Morgan fingerprint density at radius 2 is 0.553 bits per heavy atom. The second kappa shape index (κ2) is 54.9. The SMILES string of the molecule is CC(C)(C)c1ccc(OCc2ccccn2)c(Cl)c1.CC(C)(C)c1ccc(OCc2nccs2)c(Cl)c1.Cc1cc(C(C)(C)C)ccc1OCc1nccs1.Cc1cc(C(C)(C)C)ccc1Oc1ccccc1.Cc1ccc(Oc2ccc(C(C)(C)C)cc2C)cn1.Cc1cccc(COc2ccc(C(C)(C)C)cc2Cl)c1.Cc1cncc(Oc2ccc(C(C)(C)C)cc2C)c1.Cc1cncc(Oc2ccc(C(C)(C)C)cc2C)c1. The number of aromatic nitrogens is 6. The third-order valence-electron chi connectivity index (χ3n) is 24.1. The molecule has 0 atom stereocenters. The maximum absolute atomic E-state index is 6.31. The number of aryl methyl sites for hydroxylation is 9. The molecule has 6 aromatic heterocycles. The number of pyridine rings is 4. The second-order valence-electron chi connectivity index (χ2n) is 45.9. The molecule has 792 valence electrons. The van der Waals surface area contributed by atoms with Crippen LogP contribution in [0.15, 0.2) is 303 Å². The molecule has 0 N–H and O–H groups in total. The first-order valence-corrected chi connectivity index (χ1v) is 53.9. The van der Waals surface area contributed by atoms with Crippen molar-refractivity contribution in [2.75, 3.05) is 0 Å². The van der Waals surface area contributed by atoms with Crippen molar-refractivity contribution in [3.63, 3.8) is 0 Å². The number of halogens is 3. The van der Waals surface area contributed by atoms with Crippen LogP contribution in [0.5, 0.6) is 69.0 Å². The topological polar surface area (TPSA) is 151 Å². The smallest absolute Gasteiger partial charge is 0.145 e. The zero-order valence-corrected chi connectivity index (χ0v) is 98.5. The summed E-state index contributed by atoms with van der Waals surface area (Å²) in [4.78, 5) is 25.1. The summed E-state index contributed by atoms with van der Waals surface area (Å²) >= 11 is 22.0. The number of ether oxygens (including phenoxy) is 8. The maximum atomic E-state index is 6.31. The summed E-state index contributed by atoms with van der Waals surface area (Å²) in [5, 5.41) is 7.82. The molecule has 0 radical (unpaired) electrons. The summed E-state index contributed by atoms with van der Waals surface area (Å²) in [6.07, 6.45) is 14.2. The Bertz CT molecular complexity index is 6720. The quantitative estimate of drug-likeness (QED) is 0.0711. The lowest BCUT2D eigenvalue weighted by Gasteiger charge is -2.20. The predicted molar refractivity (Wildman–Crippen MR) is 630 cm³/mol. The first-order chi connectivity index (χ1) is 70.3. The minimum Gasteiger partial charge on any atom is -0.487 e. The van der Waals surface area contributed by atoms with Crippen LogP contribution in [0.25, 0.3) is 0 Å². The fourth-order valence-corrected chi connectivity index (χ4v) is 16.4. The zero-order valence-electron chi connectivity index (χ0n) is 94.6. The Morgan fingerprint density at radius 3 is 0.860 bits per heavy atom. The van der Waals surface area contributed by atoms with Crippen LogP contribution in [0.1, 0.15) is 282 Å². The number of nitrogens with zero attached hydrogens (tertiary/aromatic N) is 6. The zero-order chi connectivity index (χ0) is 110. The molecule has 0 bridgehead atoms. The molecule has 16 aromatic rings. The van der Waals surface area contributed by atoms with Gasteiger partial charge in [-0.2, -0.15) is 0 Å². The van der Waals surface area contributed by atoms with E-state index in [-0.39, 0.29) is 43.3 Å². The molecular weight excluding hydrogens is 1960 g/mol. The van der Waals surface area contributed by atoms with E-state index in [1.165, 1.54) is 61.2 Å². The van der Waals surface area contributed by atoms with Crippen LogP contribution in [-0.2, 0) is 69.7 Å². The van der Waals surface area contributed by atoms with Crippen LogP contribution in [0, 0.1) is 62.3 Å². The molecular formula is C131H157Cl3N6O8S2. The summed E-state index contributed by atoms with van der Waals surface area (Å²) in [5.41, 5.74) is 23.6. The largest absolute Gasteiger partial charge is 0.487 e. The molecule has 14 nitrogen and oxygen atoms in total. The van der Waals surface area contributed by atoms with Crippen LogP contribution in [-0.4, -0.2) is 29.9 Å². The van der Waals surface area contributed by atoms with Crippen molar-refractivity contribution in [1.29, 1.82) is 0 Å². The molecule has 0 aliphatic heterocycles. The molecule has 0 fully saturated rings. The highest BCUT2D eigenvalue weighted by Crippen LogP contribution is 2.40. The second-order valence-corrected chi connectivity index (χ2v) is 49.1. The number of para-hydroxylation sites is 1. The van der Waals surface area contributed by atoms with E-state index in [4.69, 9.17) is 72.7 Å². The minimum atomic E-state index is 0.0865. The van der Waals surface area contributed by atoms with Gasteiger partial charge in [-0.05, 0) is 310 Å². The van der Waals surface area contributed by atoms with Gasteiger partial charge in [0, 0.05) is 47.4 Å². The highest BCUT2D eigenvalue weighted by molar-refractivity contribution is 7.09. The summed E-state index contributed by atoms with van der Waals surface area (Å²) in [5.74, 6) is 9.90. The number of hydrogen-bond donors (Lipinski definition) is 0. The molecule has 19 heteroatoms. The number of benzene rings is 10. The van der Waals surface area contributed by atoms with E-state index in [1.807, 2.05) is 177 Å². The van der Waals surface area contributed by atoms with Crippen LogP contribution in [0.2, 0.25) is 15.1 Å². The minimum absolute atomic E-state index is 0.0865. The van der Waals surface area contributed by atoms with Gasteiger partial charge in [-0.25, -0.2) is 9.97 Å². The summed E-state index contributed by atoms with van der Waals surface area (Å²) in [6.45, 7) is 73.2. The fourth-order valence-electron chi connectivity index (χ4n) is 14.7. The van der Waals surface area contributed by atoms with Gasteiger partial charge < -0.3 is 37.9 Å². The van der Waals surface area contributed by atoms with E-state index in [9.17, 15) is 0 Å². The first-order valence-electron chi connectivity index (χ1n) is 51.0. The predicted octanol–water partition coefficient (Wildman–Crippen LogP) is 38.6. The molecule has 150 heavy (non-hydrogen) atoms. The van der Waals surface area contributed by atoms with Crippen molar-refractivity contribution in [2.24, 2.45) is 0 Å². The molecule has 16 rings (SSSR count). The molecule has 0 unspecified atom stereocenters.